The molecule has 0 aliphatic heterocycles. The Morgan fingerprint density at radius 2 is 2.00 bits per heavy atom. The number of nitrogens with zero attached hydrogens (tertiary/aromatic N) is 2. The quantitative estimate of drug-likeness (QED) is 0.676. The summed E-state index contributed by atoms with van der Waals surface area (Å²) in [6.07, 6.45) is 2.38. The van der Waals surface area contributed by atoms with Crippen molar-refractivity contribution in [1.82, 2.24) is 9.97 Å². The van der Waals surface area contributed by atoms with Gasteiger partial charge >= 0.3 is 0 Å². The van der Waals surface area contributed by atoms with Crippen LogP contribution in [0.1, 0.15) is 34.1 Å². The average Bonchev–Trinajstić information content (AvgIpc) is 2.36. The molecule has 0 bridgehead atoms. The Balaban J connectivity index is 2.36. The molecule has 114 valence electrons. The first-order valence-electron chi connectivity index (χ1n) is 7.09. The zero-order chi connectivity index (χ0) is 15.0. The molecule has 0 saturated carbocycles. The van der Waals surface area contributed by atoms with Crippen molar-refractivity contribution in [2.45, 2.75) is 40.2 Å². The summed E-state index contributed by atoms with van der Waals surface area (Å²) >= 11 is 0. The Kier molecular flexibility index (Phi) is 7.08. The van der Waals surface area contributed by atoms with Crippen molar-refractivity contribution in [3.63, 3.8) is 0 Å². The van der Waals surface area contributed by atoms with Gasteiger partial charge in [-0.2, -0.15) is 4.98 Å². The van der Waals surface area contributed by atoms with E-state index in [2.05, 4.69) is 29.1 Å². The van der Waals surface area contributed by atoms with Gasteiger partial charge in [-0.25, -0.2) is 4.98 Å². The third kappa shape index (κ3) is 6.06. The molecule has 0 aliphatic carbocycles. The van der Waals surface area contributed by atoms with Gasteiger partial charge < -0.3 is 20.5 Å². The van der Waals surface area contributed by atoms with Crippen molar-refractivity contribution < 1.29 is 9.47 Å². The minimum atomic E-state index is 0.0319. The molecule has 0 radical (unpaired) electrons. The van der Waals surface area contributed by atoms with Gasteiger partial charge in [0.1, 0.15) is 12.0 Å². The maximum Gasteiger partial charge on any atom is 0.242 e. The summed E-state index contributed by atoms with van der Waals surface area (Å²) < 4.78 is 11.0. The predicted molar refractivity (Wildman–Crippen MR) is 81.0 cm³/mol. The maximum atomic E-state index is 5.97. The fraction of sp³-hybridized carbons (Fsp3) is 0.714. The number of hydrogen-bond acceptors (Lipinski definition) is 6. The average molecular weight is 282 g/mol. The smallest absolute Gasteiger partial charge is 0.242 e. The molecule has 0 unspecified atom stereocenters. The van der Waals surface area contributed by atoms with Crippen LogP contribution in [0.25, 0.3) is 0 Å². The number of rotatable bonds is 9. The Morgan fingerprint density at radius 3 is 2.65 bits per heavy atom. The number of aromatic nitrogens is 2. The van der Waals surface area contributed by atoms with Crippen LogP contribution in [0.3, 0.4) is 0 Å². The lowest BCUT2D eigenvalue weighted by Crippen LogP contribution is -2.13. The fourth-order valence-electron chi connectivity index (χ4n) is 1.54. The van der Waals surface area contributed by atoms with Gasteiger partial charge in [0.05, 0.1) is 6.10 Å². The van der Waals surface area contributed by atoms with Crippen molar-refractivity contribution in [3.05, 3.63) is 6.33 Å². The van der Waals surface area contributed by atoms with Crippen molar-refractivity contribution >= 4 is 11.5 Å². The van der Waals surface area contributed by atoms with Gasteiger partial charge in [-0.1, -0.05) is 13.8 Å². The van der Waals surface area contributed by atoms with E-state index in [1.54, 1.807) is 0 Å². The first-order valence-corrected chi connectivity index (χ1v) is 7.09. The lowest BCUT2D eigenvalue weighted by molar-refractivity contribution is 0.110. The summed E-state index contributed by atoms with van der Waals surface area (Å²) in [5.74, 6) is 1.60. The van der Waals surface area contributed by atoms with Crippen LogP contribution < -0.4 is 15.8 Å². The monoisotopic (exact) mass is 282 g/mol. The summed E-state index contributed by atoms with van der Waals surface area (Å²) in [7, 11) is 0. The largest absolute Gasteiger partial charge is 0.473 e. The van der Waals surface area contributed by atoms with Crippen LogP contribution in [0, 0.1) is 5.92 Å². The van der Waals surface area contributed by atoms with E-state index in [9.17, 15) is 0 Å². The SMILES string of the molecule is CC(C)COCCCNc1ncnc(OC(C)C)c1N. The van der Waals surface area contributed by atoms with Gasteiger partial charge in [0.25, 0.3) is 0 Å². The number of nitrogens with one attached hydrogen (secondary N) is 1. The first kappa shape index (κ1) is 16.5. The minimum Gasteiger partial charge on any atom is -0.473 e. The highest BCUT2D eigenvalue weighted by atomic mass is 16.5. The van der Waals surface area contributed by atoms with Crippen molar-refractivity contribution in [2.24, 2.45) is 5.92 Å². The molecule has 1 heterocycles. The van der Waals surface area contributed by atoms with Gasteiger partial charge in [0.15, 0.2) is 5.82 Å². The zero-order valence-electron chi connectivity index (χ0n) is 12.8. The summed E-state index contributed by atoms with van der Waals surface area (Å²) in [6, 6.07) is 0. The van der Waals surface area contributed by atoms with Crippen molar-refractivity contribution in [1.29, 1.82) is 0 Å². The second-order valence-electron chi connectivity index (χ2n) is 5.36. The number of anilines is 2. The molecule has 1 aromatic heterocycles. The number of nitrogens with two attached hydrogens (primary N) is 1. The van der Waals surface area contributed by atoms with E-state index in [-0.39, 0.29) is 6.10 Å². The van der Waals surface area contributed by atoms with E-state index in [0.717, 1.165) is 26.2 Å². The van der Waals surface area contributed by atoms with Crippen molar-refractivity contribution in [2.75, 3.05) is 30.8 Å². The summed E-state index contributed by atoms with van der Waals surface area (Å²) in [4.78, 5) is 8.16. The van der Waals surface area contributed by atoms with Crippen molar-refractivity contribution in [3.8, 4) is 5.88 Å². The molecule has 6 heteroatoms. The zero-order valence-corrected chi connectivity index (χ0v) is 12.8. The van der Waals surface area contributed by atoms with Gasteiger partial charge in [0.2, 0.25) is 5.88 Å². The fourth-order valence-corrected chi connectivity index (χ4v) is 1.54. The molecule has 0 saturated heterocycles. The Morgan fingerprint density at radius 1 is 1.25 bits per heavy atom. The highest BCUT2D eigenvalue weighted by Crippen LogP contribution is 2.25. The molecule has 6 nitrogen and oxygen atoms in total. The molecule has 3 N–H and O–H groups in total. The van der Waals surface area contributed by atoms with Crippen LogP contribution in [0.5, 0.6) is 5.88 Å². The normalized spacial score (nSPS) is 11.1. The van der Waals surface area contributed by atoms with Crippen LogP contribution in [-0.2, 0) is 4.74 Å². The standard InChI is InChI=1S/C14H26N4O2/c1-10(2)8-19-7-5-6-16-13-12(15)14(18-9-17-13)20-11(3)4/h9-11H,5-8,15H2,1-4H3,(H,16,17,18). The van der Waals surface area contributed by atoms with Crippen LogP contribution >= 0.6 is 0 Å². The molecule has 20 heavy (non-hydrogen) atoms. The Hall–Kier alpha value is -1.56. The van der Waals surface area contributed by atoms with Crippen LogP contribution in [0.15, 0.2) is 6.33 Å². The van der Waals surface area contributed by atoms with E-state index >= 15 is 0 Å². The minimum absolute atomic E-state index is 0.0319. The van der Waals surface area contributed by atoms with Crippen LogP contribution in [0.2, 0.25) is 0 Å². The van der Waals surface area contributed by atoms with E-state index in [0.29, 0.717) is 23.3 Å². The van der Waals surface area contributed by atoms with E-state index in [1.807, 2.05) is 13.8 Å². The second-order valence-corrected chi connectivity index (χ2v) is 5.36. The predicted octanol–water partition coefficient (Wildman–Crippen LogP) is 2.32. The molecular weight excluding hydrogens is 256 g/mol. The third-order valence-corrected chi connectivity index (χ3v) is 2.40. The molecule has 0 atom stereocenters. The highest BCUT2D eigenvalue weighted by molar-refractivity contribution is 5.66. The molecule has 0 aliphatic rings. The summed E-state index contributed by atoms with van der Waals surface area (Å²) in [6.45, 7) is 10.4. The van der Waals surface area contributed by atoms with E-state index < -0.39 is 0 Å². The number of hydrogen-bond donors (Lipinski definition) is 2. The molecule has 0 aromatic carbocycles. The third-order valence-electron chi connectivity index (χ3n) is 2.40. The lowest BCUT2D eigenvalue weighted by atomic mass is 10.2. The Labute approximate surface area is 121 Å². The highest BCUT2D eigenvalue weighted by Gasteiger charge is 2.10. The van der Waals surface area contributed by atoms with Crippen LogP contribution in [0.4, 0.5) is 11.5 Å². The number of nitrogen functional groups attached to an aromatic ring is 1. The molecule has 0 amide bonds. The molecule has 1 rings (SSSR count). The molecular formula is C14H26N4O2. The summed E-state index contributed by atoms with van der Waals surface area (Å²) in [5.41, 5.74) is 6.42. The Bertz CT molecular complexity index is 397. The first-order chi connectivity index (χ1) is 9.50. The van der Waals surface area contributed by atoms with Crippen LogP contribution in [-0.4, -0.2) is 35.8 Å². The lowest BCUT2D eigenvalue weighted by Gasteiger charge is -2.13. The van der Waals surface area contributed by atoms with E-state index in [4.69, 9.17) is 15.2 Å². The van der Waals surface area contributed by atoms with Gasteiger partial charge in [-0.15, -0.1) is 0 Å². The van der Waals surface area contributed by atoms with Gasteiger partial charge in [-0.3, -0.25) is 0 Å². The number of ether oxygens (including phenoxy) is 2. The summed E-state index contributed by atoms with van der Waals surface area (Å²) in [5, 5.41) is 3.18. The topological polar surface area (TPSA) is 82.3 Å². The molecule has 0 spiro atoms. The van der Waals surface area contributed by atoms with E-state index in [1.165, 1.54) is 6.33 Å². The molecule has 0 fully saturated rings. The molecule has 1 aromatic rings. The van der Waals surface area contributed by atoms with Gasteiger partial charge in [-0.05, 0) is 26.2 Å². The van der Waals surface area contributed by atoms with Gasteiger partial charge in [0, 0.05) is 19.8 Å². The maximum absolute atomic E-state index is 5.97. The second kappa shape index (κ2) is 8.58.